The molecule has 4 amide bonds. The number of nitrogens with zero attached hydrogens (tertiary/aromatic N) is 3. The number of phenols is 1. The second kappa shape index (κ2) is 10.9. The first-order chi connectivity index (χ1) is 23.6. The number of hydrogen-bond acceptors (Lipinski definition) is 8. The molecule has 2 aliphatic carbocycles. The molecule has 50 heavy (non-hydrogen) atoms. The quantitative estimate of drug-likeness (QED) is 0.184. The number of fused-ring (bicyclic) bond motifs is 5. The Morgan fingerprint density at radius 3 is 2.58 bits per heavy atom. The molecule has 3 fully saturated rings. The Kier molecular flexibility index (Phi) is 7.09. The molecule has 15 heteroatoms. The van der Waals surface area contributed by atoms with E-state index >= 15 is 0 Å². The lowest BCUT2D eigenvalue weighted by Crippen LogP contribution is -2.48. The SMILES string of the molecule is Cc1c(-c2cc(N3C(=O)C4CC5C(=CCC6C(=O)NC(=O)C65)C(c5cc(OC(F)(F)F)ccc5O)C4(C)C3=O)n(C)n2)sc2ccc(Cl)cc12. The largest absolute Gasteiger partial charge is 0.573 e. The number of aromatic nitrogens is 2. The van der Waals surface area contributed by atoms with Crippen molar-refractivity contribution in [1.29, 1.82) is 0 Å². The van der Waals surface area contributed by atoms with Gasteiger partial charge in [-0.25, -0.2) is 4.90 Å². The van der Waals surface area contributed by atoms with Gasteiger partial charge >= 0.3 is 6.36 Å². The van der Waals surface area contributed by atoms with Crippen LogP contribution in [0.25, 0.3) is 20.7 Å². The van der Waals surface area contributed by atoms with Gasteiger partial charge in [0.2, 0.25) is 23.6 Å². The molecule has 2 N–H and O–H groups in total. The maximum atomic E-state index is 14.8. The van der Waals surface area contributed by atoms with Gasteiger partial charge in [0.1, 0.15) is 23.0 Å². The maximum Gasteiger partial charge on any atom is 0.573 e. The molecule has 8 rings (SSSR count). The van der Waals surface area contributed by atoms with Crippen LogP contribution in [0, 0.1) is 36.0 Å². The van der Waals surface area contributed by atoms with Crippen LogP contribution in [0.5, 0.6) is 11.5 Å². The summed E-state index contributed by atoms with van der Waals surface area (Å²) in [6.45, 7) is 3.50. The fourth-order valence-corrected chi connectivity index (χ4v) is 9.98. The number of imide groups is 2. The molecule has 2 aromatic carbocycles. The predicted molar refractivity (Wildman–Crippen MR) is 176 cm³/mol. The van der Waals surface area contributed by atoms with Gasteiger partial charge < -0.3 is 9.84 Å². The minimum atomic E-state index is -5.04. The minimum Gasteiger partial charge on any atom is -0.508 e. The summed E-state index contributed by atoms with van der Waals surface area (Å²) < 4.78 is 46.6. The number of halogens is 4. The van der Waals surface area contributed by atoms with Crippen molar-refractivity contribution in [2.75, 3.05) is 4.90 Å². The van der Waals surface area contributed by atoms with Gasteiger partial charge in [0.15, 0.2) is 0 Å². The molecule has 4 aromatic rings. The predicted octanol–water partition coefficient (Wildman–Crippen LogP) is 6.39. The fourth-order valence-electron chi connectivity index (χ4n) is 8.66. The Morgan fingerprint density at radius 1 is 1.08 bits per heavy atom. The molecule has 6 unspecified atom stereocenters. The molecule has 258 valence electrons. The lowest BCUT2D eigenvalue weighted by atomic mass is 9.51. The van der Waals surface area contributed by atoms with Gasteiger partial charge in [-0.2, -0.15) is 5.10 Å². The number of ether oxygens (including phenoxy) is 1. The number of amides is 4. The van der Waals surface area contributed by atoms with E-state index in [0.29, 0.717) is 16.3 Å². The van der Waals surface area contributed by atoms with Crippen molar-refractivity contribution >= 4 is 62.5 Å². The van der Waals surface area contributed by atoms with Crippen molar-refractivity contribution in [2.24, 2.45) is 36.1 Å². The number of carbonyl (C=O) groups is 4. The second-order valence-electron chi connectivity index (χ2n) is 13.5. The van der Waals surface area contributed by atoms with Gasteiger partial charge in [0.25, 0.3) is 0 Å². The topological polar surface area (TPSA) is 131 Å². The number of nitrogens with one attached hydrogen (secondary N) is 1. The van der Waals surface area contributed by atoms with Crippen molar-refractivity contribution in [3.05, 3.63) is 70.3 Å². The number of anilines is 1. The number of allylic oxidation sites excluding steroid dienone is 2. The Hall–Kier alpha value is -4.69. The number of benzene rings is 2. The van der Waals surface area contributed by atoms with E-state index in [1.165, 1.54) is 16.0 Å². The standard InChI is InChI=1S/C35H28ClF3N4O6S/c1-14-19-10-15(36)4-9-25(19)50-29(14)23-13-26(42(3)41-23)43-32(47)22-12-20-17(6-7-18-27(20)31(46)40-30(18)45)28(34(22,2)33(43)48)21-11-16(5-8-24(21)44)49-35(37,38)39/h4-6,8-11,13,18,20,22,27-28,44H,7,12H2,1-3H3,(H,40,45,46). The summed E-state index contributed by atoms with van der Waals surface area (Å²) >= 11 is 7.73. The number of thiophene rings is 1. The third-order valence-electron chi connectivity index (χ3n) is 10.9. The molecule has 2 aliphatic heterocycles. The van der Waals surface area contributed by atoms with Crippen LogP contribution < -0.4 is 15.0 Å². The summed E-state index contributed by atoms with van der Waals surface area (Å²) in [6.07, 6.45) is -3.14. The molecule has 10 nitrogen and oxygen atoms in total. The first kappa shape index (κ1) is 32.5. The molecule has 0 radical (unpaired) electrons. The van der Waals surface area contributed by atoms with E-state index in [-0.39, 0.29) is 24.2 Å². The third-order valence-corrected chi connectivity index (χ3v) is 12.4. The summed E-state index contributed by atoms with van der Waals surface area (Å²) in [5.74, 6) is -7.49. The molecule has 1 saturated carbocycles. The van der Waals surface area contributed by atoms with Crippen LogP contribution in [0.4, 0.5) is 19.0 Å². The number of carbonyl (C=O) groups excluding carboxylic acids is 4. The maximum absolute atomic E-state index is 14.8. The number of phenolic OH excluding ortho intramolecular Hbond substituents is 1. The van der Waals surface area contributed by atoms with Gasteiger partial charge in [0, 0.05) is 34.3 Å². The number of aromatic hydroxyl groups is 1. The minimum absolute atomic E-state index is 0.0299. The molecule has 2 aromatic heterocycles. The van der Waals surface area contributed by atoms with E-state index in [1.54, 1.807) is 32.2 Å². The van der Waals surface area contributed by atoms with Gasteiger partial charge in [0.05, 0.1) is 28.0 Å². The molecule has 2 saturated heterocycles. The van der Waals surface area contributed by atoms with Crippen molar-refractivity contribution in [1.82, 2.24) is 15.1 Å². The number of hydrogen-bond donors (Lipinski definition) is 2. The smallest absolute Gasteiger partial charge is 0.508 e. The molecular weight excluding hydrogens is 697 g/mol. The zero-order valence-corrected chi connectivity index (χ0v) is 28.2. The Morgan fingerprint density at radius 2 is 1.84 bits per heavy atom. The summed E-state index contributed by atoms with van der Waals surface area (Å²) in [5.41, 5.74) is 0.260. The van der Waals surface area contributed by atoms with E-state index in [9.17, 15) is 37.5 Å². The summed E-state index contributed by atoms with van der Waals surface area (Å²) in [7, 11) is 1.60. The van der Waals surface area contributed by atoms with E-state index in [4.69, 9.17) is 11.6 Å². The number of aryl methyl sites for hydroxylation is 2. The highest BCUT2D eigenvalue weighted by Gasteiger charge is 2.67. The van der Waals surface area contributed by atoms with Crippen LogP contribution in [0.15, 0.2) is 54.1 Å². The van der Waals surface area contributed by atoms with Gasteiger partial charge in [-0.1, -0.05) is 23.3 Å². The monoisotopic (exact) mass is 724 g/mol. The van der Waals surface area contributed by atoms with Gasteiger partial charge in [-0.05, 0) is 80.0 Å². The number of alkyl halides is 3. The highest BCUT2D eigenvalue weighted by atomic mass is 35.5. The number of rotatable bonds is 4. The summed E-state index contributed by atoms with van der Waals surface area (Å²) in [5, 5.41) is 19.7. The Bertz CT molecular complexity index is 2230. The van der Waals surface area contributed by atoms with Crippen molar-refractivity contribution in [2.45, 2.75) is 39.0 Å². The van der Waals surface area contributed by atoms with Crippen molar-refractivity contribution in [3.63, 3.8) is 0 Å². The van der Waals surface area contributed by atoms with Crippen LogP contribution in [-0.2, 0) is 26.2 Å². The zero-order chi connectivity index (χ0) is 35.6. The molecule has 0 spiro atoms. The van der Waals surface area contributed by atoms with E-state index in [0.717, 1.165) is 43.6 Å². The molecular formula is C35H28ClF3N4O6S. The molecule has 4 aliphatic rings. The molecule has 4 heterocycles. The molecule has 6 atom stereocenters. The van der Waals surface area contributed by atoms with Crippen molar-refractivity contribution in [3.8, 4) is 22.1 Å². The zero-order valence-electron chi connectivity index (χ0n) is 26.7. The van der Waals surface area contributed by atoms with Gasteiger partial charge in [-0.15, -0.1) is 24.5 Å². The lowest BCUT2D eigenvalue weighted by molar-refractivity contribution is -0.274. The normalized spacial score (nSPS) is 27.7. The lowest BCUT2D eigenvalue weighted by Gasteiger charge is -2.49. The van der Waals surface area contributed by atoms with Crippen LogP contribution in [0.3, 0.4) is 0 Å². The summed E-state index contributed by atoms with van der Waals surface area (Å²) in [4.78, 5) is 57.1. The Labute approximate surface area is 291 Å². The first-order valence-corrected chi connectivity index (χ1v) is 17.0. The van der Waals surface area contributed by atoms with Crippen LogP contribution >= 0.6 is 22.9 Å². The Balaban J connectivity index is 1.27. The highest BCUT2D eigenvalue weighted by molar-refractivity contribution is 7.22. The van der Waals surface area contributed by atoms with E-state index in [2.05, 4.69) is 15.2 Å². The fraction of sp³-hybridized carbons (Fsp3) is 0.343. The highest BCUT2D eigenvalue weighted by Crippen LogP contribution is 2.64. The van der Waals surface area contributed by atoms with Gasteiger partial charge in [-0.3, -0.25) is 29.2 Å². The van der Waals surface area contributed by atoms with Crippen molar-refractivity contribution < 1.29 is 42.2 Å². The van der Waals surface area contributed by atoms with Crippen LogP contribution in [0.1, 0.15) is 36.8 Å². The van der Waals surface area contributed by atoms with E-state index < -0.39 is 76.5 Å². The molecule has 0 bridgehead atoms. The third kappa shape index (κ3) is 4.64. The van der Waals surface area contributed by atoms with Crippen LogP contribution in [-0.4, -0.2) is 44.9 Å². The van der Waals surface area contributed by atoms with Crippen LogP contribution in [0.2, 0.25) is 5.02 Å². The second-order valence-corrected chi connectivity index (χ2v) is 15.0. The summed E-state index contributed by atoms with van der Waals surface area (Å²) in [6, 6.07) is 10.2. The average molecular weight is 725 g/mol. The first-order valence-electron chi connectivity index (χ1n) is 15.8. The average Bonchev–Trinajstić information content (AvgIpc) is 3.72. The van der Waals surface area contributed by atoms with E-state index in [1.807, 2.05) is 19.1 Å².